The first-order valence-electron chi connectivity index (χ1n) is 9.83. The molecule has 2 heterocycles. The molecule has 1 saturated carbocycles. The normalized spacial score (nSPS) is 14.9. The first-order valence-corrected chi connectivity index (χ1v) is 11.4. The van der Waals surface area contributed by atoms with Crippen molar-refractivity contribution >= 4 is 46.6 Å². The van der Waals surface area contributed by atoms with Crippen molar-refractivity contribution in [1.29, 1.82) is 0 Å². The molecule has 6 nitrogen and oxygen atoms in total. The van der Waals surface area contributed by atoms with E-state index in [0.717, 1.165) is 31.2 Å². The van der Waals surface area contributed by atoms with Gasteiger partial charge < -0.3 is 10.6 Å². The van der Waals surface area contributed by atoms with Crippen LogP contribution in [-0.2, 0) is 5.41 Å². The molecule has 31 heavy (non-hydrogen) atoms. The van der Waals surface area contributed by atoms with Gasteiger partial charge in [-0.15, -0.1) is 0 Å². The van der Waals surface area contributed by atoms with E-state index in [0.29, 0.717) is 27.8 Å². The molecule has 0 bridgehead atoms. The van der Waals surface area contributed by atoms with Gasteiger partial charge in [0.25, 0.3) is 0 Å². The van der Waals surface area contributed by atoms with Crippen LogP contribution in [0.1, 0.15) is 31.2 Å². The molecular weight excluding hydrogens is 455 g/mol. The standard InChI is InChI=1S/C21H20ClFN6S2/c22-16-12-17(31-20-24-10-3-11-25-20)28-18(27-16)29-19(30)26-13-21(8-1-2-9-21)14-4-6-15(23)7-5-14/h3-7,10-12H,1-2,8-9,13H2,(H2,26,27,28,29,30). The van der Waals surface area contributed by atoms with Gasteiger partial charge in [0.2, 0.25) is 5.95 Å². The highest BCUT2D eigenvalue weighted by Crippen LogP contribution is 2.40. The molecule has 1 aliphatic rings. The Morgan fingerprint density at radius 1 is 1.13 bits per heavy atom. The third kappa shape index (κ3) is 5.66. The second kappa shape index (κ2) is 9.84. The number of benzene rings is 1. The number of halogens is 2. The number of hydrogen-bond acceptors (Lipinski definition) is 6. The molecule has 3 aromatic rings. The molecule has 0 aliphatic heterocycles. The van der Waals surface area contributed by atoms with Crippen molar-refractivity contribution in [1.82, 2.24) is 25.3 Å². The van der Waals surface area contributed by atoms with E-state index in [-0.39, 0.29) is 16.4 Å². The molecule has 2 N–H and O–H groups in total. The quantitative estimate of drug-likeness (QED) is 0.293. The summed E-state index contributed by atoms with van der Waals surface area (Å²) in [5.41, 5.74) is 1.06. The predicted octanol–water partition coefficient (Wildman–Crippen LogP) is 5.01. The van der Waals surface area contributed by atoms with E-state index in [4.69, 9.17) is 23.8 Å². The summed E-state index contributed by atoms with van der Waals surface area (Å²) in [6.45, 7) is 0.643. The first kappa shape index (κ1) is 21.9. The van der Waals surface area contributed by atoms with Gasteiger partial charge in [-0.1, -0.05) is 36.6 Å². The lowest BCUT2D eigenvalue weighted by atomic mass is 9.79. The Kier molecular flexibility index (Phi) is 6.94. The van der Waals surface area contributed by atoms with Gasteiger partial charge in [-0.05, 0) is 60.6 Å². The highest BCUT2D eigenvalue weighted by Gasteiger charge is 2.35. The molecule has 0 amide bonds. The number of rotatable bonds is 6. The Bertz CT molecular complexity index is 1050. The van der Waals surface area contributed by atoms with Crippen LogP contribution in [0.5, 0.6) is 0 Å². The number of thiocarbonyl (C=S) groups is 1. The Hall–Kier alpha value is -2.36. The molecule has 0 atom stereocenters. The second-order valence-corrected chi connectivity index (χ2v) is 9.07. The summed E-state index contributed by atoms with van der Waals surface area (Å²) in [5, 5.41) is 8.16. The minimum Gasteiger partial charge on any atom is -0.361 e. The lowest BCUT2D eigenvalue weighted by Crippen LogP contribution is -2.41. The van der Waals surface area contributed by atoms with Crippen LogP contribution in [0.25, 0.3) is 0 Å². The number of nitrogens with one attached hydrogen (secondary N) is 2. The van der Waals surface area contributed by atoms with E-state index >= 15 is 0 Å². The van der Waals surface area contributed by atoms with E-state index in [2.05, 4.69) is 30.6 Å². The van der Waals surface area contributed by atoms with Gasteiger partial charge in [0.05, 0.1) is 0 Å². The van der Waals surface area contributed by atoms with Crippen LogP contribution in [0.3, 0.4) is 0 Å². The van der Waals surface area contributed by atoms with Crippen LogP contribution in [0.4, 0.5) is 10.3 Å². The zero-order chi connectivity index (χ0) is 21.7. The second-order valence-electron chi connectivity index (χ2n) is 7.29. The van der Waals surface area contributed by atoms with Gasteiger partial charge in [0, 0.05) is 30.4 Å². The number of aromatic nitrogens is 4. The molecule has 1 aromatic carbocycles. The summed E-state index contributed by atoms with van der Waals surface area (Å²) in [7, 11) is 0. The maximum absolute atomic E-state index is 13.4. The molecule has 2 aromatic heterocycles. The average molecular weight is 475 g/mol. The fourth-order valence-electron chi connectivity index (χ4n) is 3.75. The van der Waals surface area contributed by atoms with Gasteiger partial charge in [-0.2, -0.15) is 0 Å². The van der Waals surface area contributed by atoms with Crippen molar-refractivity contribution in [2.75, 3.05) is 11.9 Å². The summed E-state index contributed by atoms with van der Waals surface area (Å²) in [4.78, 5) is 17.0. The van der Waals surface area contributed by atoms with Crippen LogP contribution in [0, 0.1) is 5.82 Å². The van der Waals surface area contributed by atoms with E-state index < -0.39 is 0 Å². The van der Waals surface area contributed by atoms with Crippen molar-refractivity contribution < 1.29 is 4.39 Å². The van der Waals surface area contributed by atoms with Crippen molar-refractivity contribution in [2.24, 2.45) is 0 Å². The molecule has 1 aliphatic carbocycles. The number of anilines is 1. The average Bonchev–Trinajstić information content (AvgIpc) is 3.23. The first-order chi connectivity index (χ1) is 15.0. The number of nitrogens with zero attached hydrogens (tertiary/aromatic N) is 4. The molecule has 4 rings (SSSR count). The lowest BCUT2D eigenvalue weighted by molar-refractivity contribution is 0.434. The van der Waals surface area contributed by atoms with Gasteiger partial charge in [-0.3, -0.25) is 0 Å². The maximum Gasteiger partial charge on any atom is 0.231 e. The largest absolute Gasteiger partial charge is 0.361 e. The molecule has 0 radical (unpaired) electrons. The zero-order valence-corrected chi connectivity index (χ0v) is 18.9. The smallest absolute Gasteiger partial charge is 0.231 e. The summed E-state index contributed by atoms with van der Waals surface area (Å²) >= 11 is 12.9. The van der Waals surface area contributed by atoms with E-state index in [1.807, 2.05) is 12.1 Å². The molecule has 160 valence electrons. The fraction of sp³-hybridized carbons (Fsp3) is 0.286. The molecule has 0 unspecified atom stereocenters. The van der Waals surface area contributed by atoms with Gasteiger partial charge >= 0.3 is 0 Å². The topological polar surface area (TPSA) is 75.6 Å². The van der Waals surface area contributed by atoms with Gasteiger partial charge in [-0.25, -0.2) is 24.3 Å². The Labute approximate surface area is 194 Å². The highest BCUT2D eigenvalue weighted by atomic mass is 35.5. The summed E-state index contributed by atoms with van der Waals surface area (Å²) < 4.78 is 13.4. The van der Waals surface area contributed by atoms with Crippen LogP contribution in [-0.4, -0.2) is 31.6 Å². The highest BCUT2D eigenvalue weighted by molar-refractivity contribution is 7.99. The van der Waals surface area contributed by atoms with Crippen LogP contribution in [0.15, 0.2) is 59.0 Å². The summed E-state index contributed by atoms with van der Waals surface area (Å²) in [6.07, 6.45) is 7.66. The Morgan fingerprint density at radius 2 is 1.84 bits per heavy atom. The van der Waals surface area contributed by atoms with Crippen LogP contribution < -0.4 is 10.6 Å². The minimum absolute atomic E-state index is 0.0692. The molecule has 10 heteroatoms. The van der Waals surface area contributed by atoms with Crippen molar-refractivity contribution in [3.8, 4) is 0 Å². The monoisotopic (exact) mass is 474 g/mol. The van der Waals surface area contributed by atoms with Gasteiger partial charge in [0.15, 0.2) is 10.3 Å². The molecule has 0 spiro atoms. The van der Waals surface area contributed by atoms with Crippen molar-refractivity contribution in [3.63, 3.8) is 0 Å². The molecule has 1 fully saturated rings. The van der Waals surface area contributed by atoms with Crippen LogP contribution >= 0.6 is 35.6 Å². The Balaban J connectivity index is 1.42. The maximum atomic E-state index is 13.4. The fourth-order valence-corrected chi connectivity index (χ4v) is 4.88. The Morgan fingerprint density at radius 3 is 2.55 bits per heavy atom. The molecular formula is C21H20ClFN6S2. The molecule has 0 saturated heterocycles. The number of hydrogen-bond donors (Lipinski definition) is 2. The predicted molar refractivity (Wildman–Crippen MR) is 124 cm³/mol. The van der Waals surface area contributed by atoms with E-state index in [1.54, 1.807) is 24.5 Å². The lowest BCUT2D eigenvalue weighted by Gasteiger charge is -2.30. The van der Waals surface area contributed by atoms with Crippen LogP contribution in [0.2, 0.25) is 5.15 Å². The summed E-state index contributed by atoms with van der Waals surface area (Å²) in [6, 6.07) is 10.2. The summed E-state index contributed by atoms with van der Waals surface area (Å²) in [5.74, 6) is 0.0698. The third-order valence-corrected chi connectivity index (χ3v) is 6.49. The van der Waals surface area contributed by atoms with E-state index in [9.17, 15) is 4.39 Å². The van der Waals surface area contributed by atoms with Crippen molar-refractivity contribution in [2.45, 2.75) is 41.3 Å². The van der Waals surface area contributed by atoms with Crippen molar-refractivity contribution in [3.05, 3.63) is 65.3 Å². The van der Waals surface area contributed by atoms with Gasteiger partial charge in [0.1, 0.15) is 16.0 Å². The SMILES string of the molecule is Fc1ccc(C2(CNC(=S)Nc3nc(Cl)cc(Sc4ncccn4)n3)CCCC2)cc1. The third-order valence-electron chi connectivity index (χ3n) is 5.24. The zero-order valence-electron chi connectivity index (χ0n) is 16.5. The minimum atomic E-state index is -0.227. The van der Waals surface area contributed by atoms with E-state index in [1.165, 1.54) is 23.9 Å².